The Bertz CT molecular complexity index is 1170. The van der Waals surface area contributed by atoms with Crippen molar-refractivity contribution in [1.29, 1.82) is 5.26 Å². The summed E-state index contributed by atoms with van der Waals surface area (Å²) in [5.41, 5.74) is 3.49. The predicted octanol–water partition coefficient (Wildman–Crippen LogP) is 3.56. The average Bonchev–Trinajstić information content (AvgIpc) is 3.45. The Morgan fingerprint density at radius 1 is 1.22 bits per heavy atom. The van der Waals surface area contributed by atoms with Crippen LogP contribution in [0.2, 0.25) is 0 Å². The van der Waals surface area contributed by atoms with Crippen LogP contribution < -0.4 is 0 Å². The number of rotatable bonds is 4. The minimum absolute atomic E-state index is 0.0144. The third kappa shape index (κ3) is 4.08. The third-order valence-corrected chi connectivity index (χ3v) is 6.61. The molecule has 1 saturated carbocycles. The van der Waals surface area contributed by atoms with Crippen LogP contribution in [0.5, 0.6) is 0 Å². The van der Waals surface area contributed by atoms with E-state index in [0.29, 0.717) is 18.1 Å². The molecule has 0 bridgehead atoms. The van der Waals surface area contributed by atoms with E-state index in [4.69, 9.17) is 10.1 Å². The summed E-state index contributed by atoms with van der Waals surface area (Å²) in [5.74, 6) is 1.39. The molecule has 164 valence electrons. The van der Waals surface area contributed by atoms with Crippen molar-refractivity contribution in [3.63, 3.8) is 0 Å². The van der Waals surface area contributed by atoms with Gasteiger partial charge in [0, 0.05) is 30.9 Å². The number of aromatic nitrogens is 4. The van der Waals surface area contributed by atoms with Gasteiger partial charge in [-0.3, -0.25) is 14.6 Å². The van der Waals surface area contributed by atoms with Gasteiger partial charge in [-0.15, -0.1) is 0 Å². The maximum Gasteiger partial charge on any atom is 0.249 e. The number of nitriles is 1. The van der Waals surface area contributed by atoms with E-state index >= 15 is 0 Å². The van der Waals surface area contributed by atoms with Gasteiger partial charge in [0.2, 0.25) is 5.91 Å². The minimum Gasteiger partial charge on any atom is -0.272 e. The number of nitrogens with zero attached hydrogens (tertiary/aromatic N) is 6. The summed E-state index contributed by atoms with van der Waals surface area (Å²) < 4.78 is 1.85. The molecule has 0 radical (unpaired) electrons. The van der Waals surface area contributed by atoms with E-state index in [9.17, 15) is 4.79 Å². The third-order valence-electron chi connectivity index (χ3n) is 6.61. The fraction of sp³-hybridized carbons (Fsp3) is 0.458. The lowest BCUT2D eigenvalue weighted by atomic mass is 9.79. The van der Waals surface area contributed by atoms with Crippen LogP contribution in [0.1, 0.15) is 60.7 Å². The van der Waals surface area contributed by atoms with Crippen LogP contribution in [-0.2, 0) is 16.1 Å². The van der Waals surface area contributed by atoms with Crippen molar-refractivity contribution in [1.82, 2.24) is 24.6 Å². The van der Waals surface area contributed by atoms with E-state index in [-0.39, 0.29) is 17.9 Å². The average molecular weight is 431 g/mol. The zero-order valence-electron chi connectivity index (χ0n) is 18.1. The van der Waals surface area contributed by atoms with Crippen molar-refractivity contribution in [3.05, 3.63) is 59.3 Å². The highest BCUT2D eigenvalue weighted by atomic mass is 16.7. The molecule has 1 atom stereocenters. The maximum absolute atomic E-state index is 13.2. The Labute approximate surface area is 186 Å². The number of carbonyl (C=O) groups is 1. The molecule has 1 aliphatic carbocycles. The molecule has 0 spiro atoms. The van der Waals surface area contributed by atoms with E-state index in [1.54, 1.807) is 17.3 Å². The van der Waals surface area contributed by atoms with Gasteiger partial charge in [-0.2, -0.15) is 10.4 Å². The molecule has 5 rings (SSSR count). The molecule has 0 aromatic carbocycles. The number of amides is 1. The van der Waals surface area contributed by atoms with E-state index < -0.39 is 0 Å². The van der Waals surface area contributed by atoms with Crippen LogP contribution in [0.4, 0.5) is 0 Å². The Balaban J connectivity index is 1.20. The number of aryl methyl sites for hydroxylation is 1. The summed E-state index contributed by atoms with van der Waals surface area (Å²) in [6.45, 7) is 2.41. The number of hydrogen-bond donors (Lipinski definition) is 0. The van der Waals surface area contributed by atoms with Gasteiger partial charge in [0.05, 0.1) is 18.2 Å². The van der Waals surface area contributed by atoms with E-state index in [2.05, 4.69) is 33.4 Å². The van der Waals surface area contributed by atoms with Crippen LogP contribution >= 0.6 is 0 Å². The lowest BCUT2D eigenvalue weighted by molar-refractivity contribution is -0.183. The molecule has 1 aliphatic heterocycles. The largest absolute Gasteiger partial charge is 0.272 e. The van der Waals surface area contributed by atoms with Crippen molar-refractivity contribution in [2.75, 3.05) is 6.61 Å². The van der Waals surface area contributed by atoms with Crippen molar-refractivity contribution in [2.45, 2.75) is 51.5 Å². The number of hydrogen-bond acceptors (Lipinski definition) is 6. The van der Waals surface area contributed by atoms with Gasteiger partial charge < -0.3 is 0 Å². The standard InChI is InChI=1S/C24H26N6O2/c1-16-27-23-7-4-18(15-29(23)28-16)10-17-2-5-20(6-3-17)24(31)30-22(8-9-32-30)21-11-19(12-25)13-26-14-21/h4,7,11,13-15,17,20,22H,2-3,5-6,8-10H2,1H3/t17?,20?,22-/m0/s1. The first-order valence-electron chi connectivity index (χ1n) is 11.2. The molecule has 2 aliphatic rings. The van der Waals surface area contributed by atoms with E-state index in [1.807, 2.05) is 17.5 Å². The summed E-state index contributed by atoms with van der Waals surface area (Å²) in [6, 6.07) is 7.90. The number of hydroxylamine groups is 2. The molecule has 0 unspecified atom stereocenters. The Kier molecular flexibility index (Phi) is 5.58. The molecule has 1 saturated heterocycles. The second-order valence-corrected chi connectivity index (χ2v) is 8.84. The van der Waals surface area contributed by atoms with Gasteiger partial charge in [-0.1, -0.05) is 6.07 Å². The van der Waals surface area contributed by atoms with Crippen molar-refractivity contribution in [2.24, 2.45) is 11.8 Å². The minimum atomic E-state index is -0.168. The smallest absolute Gasteiger partial charge is 0.249 e. The summed E-state index contributed by atoms with van der Waals surface area (Å²) in [4.78, 5) is 27.5. The molecule has 3 aromatic rings. The highest BCUT2D eigenvalue weighted by Gasteiger charge is 2.37. The fourth-order valence-corrected chi connectivity index (χ4v) is 4.97. The van der Waals surface area contributed by atoms with Gasteiger partial charge in [-0.25, -0.2) is 14.6 Å². The topological polar surface area (TPSA) is 96.4 Å². The van der Waals surface area contributed by atoms with Gasteiger partial charge in [0.25, 0.3) is 0 Å². The molecule has 0 N–H and O–H groups in total. The van der Waals surface area contributed by atoms with Gasteiger partial charge in [0.15, 0.2) is 5.65 Å². The lowest BCUT2D eigenvalue weighted by Crippen LogP contribution is -2.36. The second kappa shape index (κ2) is 8.67. The molecule has 32 heavy (non-hydrogen) atoms. The predicted molar refractivity (Wildman–Crippen MR) is 116 cm³/mol. The molecule has 4 heterocycles. The summed E-state index contributed by atoms with van der Waals surface area (Å²) in [7, 11) is 0. The molecule has 8 heteroatoms. The number of carbonyl (C=O) groups excluding carboxylic acids is 1. The highest BCUT2D eigenvalue weighted by Crippen LogP contribution is 2.37. The summed E-state index contributed by atoms with van der Waals surface area (Å²) >= 11 is 0. The van der Waals surface area contributed by atoms with Gasteiger partial charge >= 0.3 is 0 Å². The lowest BCUT2D eigenvalue weighted by Gasteiger charge is -2.32. The Morgan fingerprint density at radius 2 is 2.06 bits per heavy atom. The van der Waals surface area contributed by atoms with Gasteiger partial charge in [0.1, 0.15) is 11.9 Å². The molecular formula is C24H26N6O2. The normalized spacial score (nSPS) is 23.4. The van der Waals surface area contributed by atoms with E-state index in [0.717, 1.165) is 55.6 Å². The van der Waals surface area contributed by atoms with Crippen LogP contribution in [0, 0.1) is 30.1 Å². The number of fused-ring (bicyclic) bond motifs is 1. The van der Waals surface area contributed by atoms with Crippen molar-refractivity contribution in [3.8, 4) is 6.07 Å². The van der Waals surface area contributed by atoms with E-state index in [1.165, 1.54) is 11.8 Å². The summed E-state index contributed by atoms with van der Waals surface area (Å²) in [6.07, 6.45) is 10.8. The monoisotopic (exact) mass is 430 g/mol. The van der Waals surface area contributed by atoms with Crippen LogP contribution in [-0.4, -0.2) is 37.2 Å². The Morgan fingerprint density at radius 3 is 2.88 bits per heavy atom. The molecule has 8 nitrogen and oxygen atoms in total. The molecular weight excluding hydrogens is 404 g/mol. The molecule has 3 aromatic heterocycles. The maximum atomic E-state index is 13.2. The second-order valence-electron chi connectivity index (χ2n) is 8.84. The zero-order valence-corrected chi connectivity index (χ0v) is 18.1. The van der Waals surface area contributed by atoms with Crippen LogP contribution in [0.25, 0.3) is 5.65 Å². The first-order valence-corrected chi connectivity index (χ1v) is 11.2. The van der Waals surface area contributed by atoms with Crippen LogP contribution in [0.3, 0.4) is 0 Å². The fourth-order valence-electron chi connectivity index (χ4n) is 4.97. The molecule has 2 fully saturated rings. The first kappa shape index (κ1) is 20.6. The Hall–Kier alpha value is -3.31. The van der Waals surface area contributed by atoms with Crippen LogP contribution in [0.15, 0.2) is 36.8 Å². The SMILES string of the molecule is Cc1nc2ccc(CC3CCC(C(=O)N4OCC[C@H]4c4cncc(C#N)c4)CC3)cn2n1. The number of pyridine rings is 2. The zero-order chi connectivity index (χ0) is 22.1. The van der Waals surface area contributed by atoms with Crippen molar-refractivity contribution < 1.29 is 9.63 Å². The van der Waals surface area contributed by atoms with Crippen molar-refractivity contribution >= 4 is 11.6 Å². The quantitative estimate of drug-likeness (QED) is 0.628. The molecule has 1 amide bonds. The van der Waals surface area contributed by atoms with Gasteiger partial charge in [-0.05, 0) is 68.2 Å². The highest BCUT2D eigenvalue weighted by molar-refractivity contribution is 5.78. The first-order chi connectivity index (χ1) is 15.6. The summed E-state index contributed by atoms with van der Waals surface area (Å²) in [5, 5.41) is 15.1.